The van der Waals surface area contributed by atoms with Crippen LogP contribution in [0.5, 0.6) is 0 Å². The normalized spacial score (nSPS) is 11.0. The van der Waals surface area contributed by atoms with E-state index in [-0.39, 0.29) is 23.7 Å². The topological polar surface area (TPSA) is 90.0 Å². The van der Waals surface area contributed by atoms with Crippen LogP contribution in [-0.2, 0) is 24.3 Å². The van der Waals surface area contributed by atoms with E-state index < -0.39 is 0 Å². The van der Waals surface area contributed by atoms with Crippen molar-refractivity contribution in [2.45, 2.75) is 40.3 Å². The fourth-order valence-corrected chi connectivity index (χ4v) is 2.65. The lowest BCUT2D eigenvalue weighted by atomic mass is 10.1. The van der Waals surface area contributed by atoms with Crippen LogP contribution in [-0.4, -0.2) is 20.6 Å². The van der Waals surface area contributed by atoms with Crippen LogP contribution >= 0.6 is 0 Å². The van der Waals surface area contributed by atoms with Crippen molar-refractivity contribution in [1.29, 1.82) is 0 Å². The second-order valence-corrected chi connectivity index (χ2v) is 5.95. The molecule has 1 aromatic carbocycles. The molecule has 0 bridgehead atoms. The van der Waals surface area contributed by atoms with Crippen molar-refractivity contribution in [3.05, 3.63) is 57.3 Å². The van der Waals surface area contributed by atoms with Crippen molar-refractivity contribution >= 4 is 17.0 Å². The van der Waals surface area contributed by atoms with Gasteiger partial charge in [-0.05, 0) is 31.4 Å². The van der Waals surface area contributed by atoms with Gasteiger partial charge < -0.3 is 9.84 Å². The summed E-state index contributed by atoms with van der Waals surface area (Å²) in [5, 5.41) is 6.90. The van der Waals surface area contributed by atoms with E-state index in [4.69, 9.17) is 4.52 Å². The maximum Gasteiger partial charge on any atom is 0.267 e. The van der Waals surface area contributed by atoms with E-state index in [1.165, 1.54) is 10.1 Å². The molecule has 0 spiro atoms. The molecular formula is C18H20N4O3. The number of aryl methyl sites for hydroxylation is 3. The lowest BCUT2D eigenvalue weighted by Crippen LogP contribution is -2.33. The molecule has 25 heavy (non-hydrogen) atoms. The number of nitrogens with zero attached hydrogens (tertiary/aromatic N) is 3. The number of carbonyl (C=O) groups excluding carboxylic acids is 1. The lowest BCUT2D eigenvalue weighted by Gasteiger charge is -2.10. The average molecular weight is 340 g/mol. The molecule has 2 heterocycles. The van der Waals surface area contributed by atoms with Crippen LogP contribution in [0.2, 0.25) is 0 Å². The molecule has 0 saturated heterocycles. The number of hydrogen-bond acceptors (Lipinski definition) is 5. The SMILES string of the molecule is CCc1ccc(CNC(=O)Cn2c(C)nc3onc(C)c3c2=O)cc1. The number of rotatable bonds is 5. The Balaban J connectivity index is 1.73. The van der Waals surface area contributed by atoms with Crippen LogP contribution < -0.4 is 10.9 Å². The smallest absolute Gasteiger partial charge is 0.267 e. The highest BCUT2D eigenvalue weighted by Gasteiger charge is 2.16. The quantitative estimate of drug-likeness (QED) is 0.766. The molecule has 7 nitrogen and oxygen atoms in total. The number of benzene rings is 1. The van der Waals surface area contributed by atoms with E-state index in [1.807, 2.05) is 24.3 Å². The molecule has 3 aromatic rings. The van der Waals surface area contributed by atoms with Crippen LogP contribution in [0, 0.1) is 13.8 Å². The molecule has 7 heteroatoms. The number of nitrogens with one attached hydrogen (secondary N) is 1. The fourth-order valence-electron chi connectivity index (χ4n) is 2.65. The molecular weight excluding hydrogens is 320 g/mol. The van der Waals surface area contributed by atoms with Crippen LogP contribution in [0.4, 0.5) is 0 Å². The van der Waals surface area contributed by atoms with Crippen molar-refractivity contribution in [3.63, 3.8) is 0 Å². The summed E-state index contributed by atoms with van der Waals surface area (Å²) in [5.74, 6) is 0.163. The Bertz CT molecular complexity index is 970. The van der Waals surface area contributed by atoms with Crippen molar-refractivity contribution in [2.75, 3.05) is 0 Å². The fraction of sp³-hybridized carbons (Fsp3) is 0.333. The zero-order valence-corrected chi connectivity index (χ0v) is 14.5. The first kappa shape index (κ1) is 16.9. The third kappa shape index (κ3) is 3.45. The Morgan fingerprint density at radius 2 is 1.88 bits per heavy atom. The Morgan fingerprint density at radius 3 is 2.56 bits per heavy atom. The highest BCUT2D eigenvalue weighted by molar-refractivity contribution is 5.77. The van der Waals surface area contributed by atoms with Gasteiger partial charge in [0, 0.05) is 6.54 Å². The maximum absolute atomic E-state index is 12.6. The number of carbonyl (C=O) groups is 1. The van der Waals surface area contributed by atoms with Gasteiger partial charge in [-0.2, -0.15) is 4.98 Å². The summed E-state index contributed by atoms with van der Waals surface area (Å²) in [4.78, 5) is 29.0. The van der Waals surface area contributed by atoms with E-state index in [0.29, 0.717) is 23.4 Å². The van der Waals surface area contributed by atoms with Crippen molar-refractivity contribution < 1.29 is 9.32 Å². The Kier molecular flexibility index (Phi) is 4.65. The van der Waals surface area contributed by atoms with E-state index in [9.17, 15) is 9.59 Å². The minimum absolute atomic E-state index is 0.0920. The first-order valence-corrected chi connectivity index (χ1v) is 8.17. The predicted octanol–water partition coefficient (Wildman–Crippen LogP) is 1.88. The summed E-state index contributed by atoms with van der Waals surface area (Å²) in [7, 11) is 0. The second-order valence-electron chi connectivity index (χ2n) is 5.95. The number of hydrogen-bond donors (Lipinski definition) is 1. The summed E-state index contributed by atoms with van der Waals surface area (Å²) < 4.78 is 6.35. The van der Waals surface area contributed by atoms with E-state index in [0.717, 1.165) is 12.0 Å². The summed E-state index contributed by atoms with van der Waals surface area (Å²) in [6.07, 6.45) is 0.979. The van der Waals surface area contributed by atoms with Gasteiger partial charge in [-0.15, -0.1) is 0 Å². The molecule has 0 aliphatic heterocycles. The van der Waals surface area contributed by atoms with Gasteiger partial charge in [0.1, 0.15) is 17.8 Å². The van der Waals surface area contributed by atoms with Crippen molar-refractivity contribution in [3.8, 4) is 0 Å². The first-order chi connectivity index (χ1) is 12.0. The van der Waals surface area contributed by atoms with Gasteiger partial charge in [-0.25, -0.2) is 0 Å². The van der Waals surface area contributed by atoms with Gasteiger partial charge in [-0.1, -0.05) is 36.3 Å². The first-order valence-electron chi connectivity index (χ1n) is 8.17. The molecule has 130 valence electrons. The highest BCUT2D eigenvalue weighted by Crippen LogP contribution is 2.11. The van der Waals surface area contributed by atoms with Gasteiger partial charge in [0.2, 0.25) is 5.91 Å². The van der Waals surface area contributed by atoms with Crippen molar-refractivity contribution in [1.82, 2.24) is 20.0 Å². The van der Waals surface area contributed by atoms with E-state index in [1.54, 1.807) is 13.8 Å². The second kappa shape index (κ2) is 6.88. The zero-order valence-electron chi connectivity index (χ0n) is 14.5. The minimum Gasteiger partial charge on any atom is -0.350 e. The molecule has 0 atom stereocenters. The standard InChI is InChI=1S/C18H20N4O3/c1-4-13-5-7-14(8-6-13)9-19-15(23)10-22-12(3)20-17-16(18(22)24)11(2)21-25-17/h5-8H,4,9-10H2,1-3H3,(H,19,23). The van der Waals surface area contributed by atoms with Gasteiger partial charge in [0.15, 0.2) is 0 Å². The number of amides is 1. The zero-order chi connectivity index (χ0) is 18.0. The van der Waals surface area contributed by atoms with Crippen LogP contribution in [0.3, 0.4) is 0 Å². The molecule has 0 fully saturated rings. The molecule has 3 rings (SSSR count). The van der Waals surface area contributed by atoms with Crippen LogP contribution in [0.25, 0.3) is 11.1 Å². The molecule has 1 N–H and O–H groups in total. The molecule has 1 amide bonds. The van der Waals surface area contributed by atoms with Gasteiger partial charge in [-0.3, -0.25) is 14.2 Å². The molecule has 0 radical (unpaired) electrons. The van der Waals surface area contributed by atoms with Gasteiger partial charge >= 0.3 is 0 Å². The minimum atomic E-state index is -0.316. The monoisotopic (exact) mass is 340 g/mol. The Morgan fingerprint density at radius 1 is 1.20 bits per heavy atom. The maximum atomic E-state index is 12.6. The third-order valence-electron chi connectivity index (χ3n) is 4.18. The highest BCUT2D eigenvalue weighted by atomic mass is 16.5. The summed E-state index contributed by atoms with van der Waals surface area (Å²) in [6, 6.07) is 8.07. The molecule has 0 aliphatic carbocycles. The van der Waals surface area contributed by atoms with Crippen LogP contribution in [0.15, 0.2) is 33.6 Å². The molecule has 2 aromatic heterocycles. The number of fused-ring (bicyclic) bond motifs is 1. The molecule has 0 unspecified atom stereocenters. The van der Waals surface area contributed by atoms with Gasteiger partial charge in [0.25, 0.3) is 11.3 Å². The average Bonchev–Trinajstić information content (AvgIpc) is 2.98. The summed E-state index contributed by atoms with van der Waals surface area (Å²) in [5.41, 5.74) is 2.62. The Hall–Kier alpha value is -2.96. The summed E-state index contributed by atoms with van der Waals surface area (Å²) >= 11 is 0. The van der Waals surface area contributed by atoms with Crippen LogP contribution in [0.1, 0.15) is 29.6 Å². The molecule has 0 aliphatic rings. The Labute approximate surface area is 144 Å². The summed E-state index contributed by atoms with van der Waals surface area (Å²) in [6.45, 7) is 5.76. The largest absolute Gasteiger partial charge is 0.350 e. The van der Waals surface area contributed by atoms with Gasteiger partial charge in [0.05, 0.1) is 5.69 Å². The lowest BCUT2D eigenvalue weighted by molar-refractivity contribution is -0.121. The van der Waals surface area contributed by atoms with E-state index in [2.05, 4.69) is 22.4 Å². The number of aromatic nitrogens is 3. The van der Waals surface area contributed by atoms with E-state index >= 15 is 0 Å². The third-order valence-corrected chi connectivity index (χ3v) is 4.18. The predicted molar refractivity (Wildman–Crippen MR) is 93.2 cm³/mol. The molecule has 0 saturated carbocycles. The van der Waals surface area contributed by atoms with Crippen molar-refractivity contribution in [2.24, 2.45) is 0 Å².